The highest BCUT2D eigenvalue weighted by molar-refractivity contribution is 9.13. The number of aliphatic hydroxyl groups excluding tert-OH is 1. The summed E-state index contributed by atoms with van der Waals surface area (Å²) in [6, 6.07) is 1.81. The lowest BCUT2D eigenvalue weighted by Crippen LogP contribution is -2.24. The summed E-state index contributed by atoms with van der Waals surface area (Å²) in [5.41, 5.74) is 0. The van der Waals surface area contributed by atoms with Gasteiger partial charge in [-0.3, -0.25) is 4.79 Å². The van der Waals surface area contributed by atoms with Gasteiger partial charge in [-0.25, -0.2) is 0 Å². The lowest BCUT2D eigenvalue weighted by molar-refractivity contribution is 0.0956. The first-order valence-corrected chi connectivity index (χ1v) is 7.78. The van der Waals surface area contributed by atoms with Gasteiger partial charge in [-0.2, -0.15) is 0 Å². The summed E-state index contributed by atoms with van der Waals surface area (Å²) >= 11 is 8.12. The molecule has 0 aliphatic rings. The molecule has 3 nitrogen and oxygen atoms in total. The molecule has 0 aromatic carbocycles. The van der Waals surface area contributed by atoms with Crippen molar-refractivity contribution in [2.24, 2.45) is 5.92 Å². The van der Waals surface area contributed by atoms with Crippen LogP contribution in [-0.2, 0) is 0 Å². The van der Waals surface area contributed by atoms with Gasteiger partial charge in [-0.1, -0.05) is 6.92 Å². The fourth-order valence-corrected chi connectivity index (χ4v) is 3.24. The number of carbonyl (C=O) groups is 1. The third-order valence-electron chi connectivity index (χ3n) is 2.34. The highest BCUT2D eigenvalue weighted by atomic mass is 79.9. The van der Waals surface area contributed by atoms with Crippen LogP contribution in [0.2, 0.25) is 0 Å². The lowest BCUT2D eigenvalue weighted by Gasteiger charge is -2.07. The van der Waals surface area contributed by atoms with Crippen LogP contribution in [0.15, 0.2) is 14.3 Å². The summed E-state index contributed by atoms with van der Waals surface area (Å²) in [5, 5.41) is 11.7. The fourth-order valence-electron chi connectivity index (χ4n) is 1.29. The van der Waals surface area contributed by atoms with Crippen LogP contribution in [0.5, 0.6) is 0 Å². The molecule has 6 heteroatoms. The zero-order valence-corrected chi connectivity index (χ0v) is 13.5. The number of hydrogen-bond acceptors (Lipinski definition) is 3. The standard InChI is InChI=1S/C11H15Br2NO2S/c1-7(6-15)3-2-4-14-11(16)9-5-8(12)10(13)17-9/h5,7,15H,2-4,6H2,1H3,(H,14,16). The van der Waals surface area contributed by atoms with Crippen molar-refractivity contribution >= 4 is 49.1 Å². The number of halogens is 2. The van der Waals surface area contributed by atoms with Crippen molar-refractivity contribution in [2.45, 2.75) is 19.8 Å². The van der Waals surface area contributed by atoms with Gasteiger partial charge in [0, 0.05) is 17.6 Å². The molecule has 0 aliphatic heterocycles. The minimum Gasteiger partial charge on any atom is -0.396 e. The Morgan fingerprint density at radius 2 is 2.29 bits per heavy atom. The van der Waals surface area contributed by atoms with Gasteiger partial charge in [0.05, 0.1) is 8.66 Å². The van der Waals surface area contributed by atoms with Crippen LogP contribution in [0.1, 0.15) is 29.4 Å². The summed E-state index contributed by atoms with van der Waals surface area (Å²) < 4.78 is 1.83. The first kappa shape index (κ1) is 15.1. The molecule has 17 heavy (non-hydrogen) atoms. The van der Waals surface area contributed by atoms with E-state index in [9.17, 15) is 4.79 Å². The Morgan fingerprint density at radius 1 is 1.59 bits per heavy atom. The van der Waals surface area contributed by atoms with Gasteiger partial charge in [0.1, 0.15) is 0 Å². The second-order valence-corrected chi connectivity index (χ2v) is 7.14. The number of hydrogen-bond donors (Lipinski definition) is 2. The fraction of sp³-hybridized carbons (Fsp3) is 0.545. The second kappa shape index (κ2) is 7.51. The summed E-state index contributed by atoms with van der Waals surface area (Å²) in [6.45, 7) is 2.85. The molecule has 0 bridgehead atoms. The third kappa shape index (κ3) is 5.07. The van der Waals surface area contributed by atoms with Crippen LogP contribution < -0.4 is 5.32 Å². The Kier molecular flexibility index (Phi) is 6.69. The molecule has 2 N–H and O–H groups in total. The molecule has 0 saturated heterocycles. The molecule has 0 aliphatic carbocycles. The molecule has 1 unspecified atom stereocenters. The van der Waals surface area contributed by atoms with Gasteiger partial charge >= 0.3 is 0 Å². The molecular weight excluding hydrogens is 370 g/mol. The van der Waals surface area contributed by atoms with E-state index in [0.29, 0.717) is 17.3 Å². The number of nitrogens with one attached hydrogen (secondary N) is 1. The minimum atomic E-state index is -0.0435. The summed E-state index contributed by atoms with van der Waals surface area (Å²) in [4.78, 5) is 12.4. The number of aliphatic hydroxyl groups is 1. The first-order chi connectivity index (χ1) is 8.04. The van der Waals surface area contributed by atoms with Gasteiger partial charge < -0.3 is 10.4 Å². The van der Waals surface area contributed by atoms with Crippen molar-refractivity contribution in [2.75, 3.05) is 13.2 Å². The average Bonchev–Trinajstić information content (AvgIpc) is 2.64. The van der Waals surface area contributed by atoms with Crippen molar-refractivity contribution < 1.29 is 9.90 Å². The van der Waals surface area contributed by atoms with E-state index < -0.39 is 0 Å². The molecule has 1 atom stereocenters. The Bertz CT molecular complexity index is 362. The maximum atomic E-state index is 11.7. The number of thiophene rings is 1. The largest absolute Gasteiger partial charge is 0.396 e. The molecular formula is C11H15Br2NO2S. The Morgan fingerprint density at radius 3 is 2.82 bits per heavy atom. The van der Waals surface area contributed by atoms with Crippen molar-refractivity contribution in [1.29, 1.82) is 0 Å². The average molecular weight is 385 g/mol. The normalized spacial score (nSPS) is 12.5. The monoisotopic (exact) mass is 383 g/mol. The SMILES string of the molecule is CC(CO)CCCNC(=O)c1cc(Br)c(Br)s1. The molecule has 0 fully saturated rings. The van der Waals surface area contributed by atoms with Crippen LogP contribution in [0.3, 0.4) is 0 Å². The van der Waals surface area contributed by atoms with Gasteiger partial charge in [-0.15, -0.1) is 11.3 Å². The van der Waals surface area contributed by atoms with E-state index in [4.69, 9.17) is 5.11 Å². The van der Waals surface area contributed by atoms with E-state index >= 15 is 0 Å². The maximum absolute atomic E-state index is 11.7. The predicted octanol–water partition coefficient (Wildman–Crippen LogP) is 3.41. The molecule has 1 heterocycles. The van der Waals surface area contributed by atoms with Crippen molar-refractivity contribution in [3.63, 3.8) is 0 Å². The topological polar surface area (TPSA) is 49.3 Å². The number of rotatable bonds is 6. The van der Waals surface area contributed by atoms with Crippen LogP contribution in [-0.4, -0.2) is 24.2 Å². The highest BCUT2D eigenvalue weighted by Crippen LogP contribution is 2.32. The third-order valence-corrected chi connectivity index (χ3v) is 5.59. The van der Waals surface area contributed by atoms with Gasteiger partial charge in [0.25, 0.3) is 5.91 Å². The van der Waals surface area contributed by atoms with Crippen LogP contribution in [0.25, 0.3) is 0 Å². The van der Waals surface area contributed by atoms with Crippen LogP contribution in [0.4, 0.5) is 0 Å². The van der Waals surface area contributed by atoms with E-state index in [2.05, 4.69) is 37.2 Å². The Labute approximate surface area is 122 Å². The van der Waals surface area contributed by atoms with E-state index in [-0.39, 0.29) is 12.5 Å². The smallest absolute Gasteiger partial charge is 0.261 e. The van der Waals surface area contributed by atoms with Crippen molar-refractivity contribution in [3.05, 3.63) is 19.2 Å². The molecule has 96 valence electrons. The quantitative estimate of drug-likeness (QED) is 0.738. The molecule has 1 rings (SSSR count). The summed E-state index contributed by atoms with van der Waals surface area (Å²) in [5.74, 6) is 0.259. The zero-order valence-electron chi connectivity index (χ0n) is 9.50. The van der Waals surface area contributed by atoms with E-state index in [1.807, 2.05) is 6.92 Å². The second-order valence-electron chi connectivity index (χ2n) is 3.92. The van der Waals surface area contributed by atoms with Gasteiger partial charge in [0.2, 0.25) is 0 Å². The number of amides is 1. The van der Waals surface area contributed by atoms with Crippen LogP contribution >= 0.6 is 43.2 Å². The van der Waals surface area contributed by atoms with E-state index in [0.717, 1.165) is 21.1 Å². The molecule has 0 spiro atoms. The highest BCUT2D eigenvalue weighted by Gasteiger charge is 2.11. The van der Waals surface area contributed by atoms with Gasteiger partial charge in [0.15, 0.2) is 0 Å². The van der Waals surface area contributed by atoms with Crippen molar-refractivity contribution in [1.82, 2.24) is 5.32 Å². The first-order valence-electron chi connectivity index (χ1n) is 5.38. The van der Waals surface area contributed by atoms with E-state index in [1.54, 1.807) is 6.07 Å². The Balaban J connectivity index is 2.30. The number of carbonyl (C=O) groups excluding carboxylic acids is 1. The zero-order chi connectivity index (χ0) is 12.8. The predicted molar refractivity (Wildman–Crippen MR) is 77.5 cm³/mol. The lowest BCUT2D eigenvalue weighted by atomic mass is 10.1. The minimum absolute atomic E-state index is 0.0435. The molecule has 0 radical (unpaired) electrons. The van der Waals surface area contributed by atoms with E-state index in [1.165, 1.54) is 11.3 Å². The maximum Gasteiger partial charge on any atom is 0.261 e. The van der Waals surface area contributed by atoms with Gasteiger partial charge in [-0.05, 0) is 56.7 Å². The summed E-state index contributed by atoms with van der Waals surface area (Å²) in [6.07, 6.45) is 1.82. The Hall–Kier alpha value is 0.0900. The molecule has 1 aromatic heterocycles. The molecule has 1 amide bonds. The summed E-state index contributed by atoms with van der Waals surface area (Å²) in [7, 11) is 0. The molecule has 1 aromatic rings. The molecule has 0 saturated carbocycles. The van der Waals surface area contributed by atoms with Crippen LogP contribution in [0, 0.1) is 5.92 Å². The van der Waals surface area contributed by atoms with Crippen molar-refractivity contribution in [3.8, 4) is 0 Å².